The van der Waals surface area contributed by atoms with E-state index in [-0.39, 0.29) is 0 Å². The van der Waals surface area contributed by atoms with Crippen molar-refractivity contribution >= 4 is 11.6 Å². The van der Waals surface area contributed by atoms with Crippen molar-refractivity contribution in [3.05, 3.63) is 46.8 Å². The Bertz CT molecular complexity index is 609. The van der Waals surface area contributed by atoms with Crippen LogP contribution in [0.2, 0.25) is 0 Å². The minimum atomic E-state index is 0.592. The first-order chi connectivity index (χ1) is 9.65. The molecule has 0 atom stereocenters. The average molecular weight is 268 g/mol. The van der Waals surface area contributed by atoms with E-state index in [1.54, 1.807) is 0 Å². The molecule has 0 unspecified atom stereocenters. The van der Waals surface area contributed by atoms with E-state index in [0.29, 0.717) is 5.82 Å². The van der Waals surface area contributed by atoms with Gasteiger partial charge in [0, 0.05) is 18.7 Å². The summed E-state index contributed by atoms with van der Waals surface area (Å²) in [5, 5.41) is 0. The summed E-state index contributed by atoms with van der Waals surface area (Å²) in [5.41, 5.74) is 9.86. The summed E-state index contributed by atoms with van der Waals surface area (Å²) in [6, 6.07) is 8.69. The normalized spacial score (nSPS) is 14.8. The number of fused-ring (bicyclic) bond motifs is 1. The molecule has 4 heteroatoms. The van der Waals surface area contributed by atoms with Gasteiger partial charge in [-0.2, -0.15) is 0 Å². The second-order valence-electron chi connectivity index (χ2n) is 5.36. The fraction of sp³-hybridized carbons (Fsp3) is 0.375. The summed E-state index contributed by atoms with van der Waals surface area (Å²) < 4.78 is 0. The van der Waals surface area contributed by atoms with Gasteiger partial charge in [0.25, 0.3) is 0 Å². The number of hydrogen-bond acceptors (Lipinski definition) is 4. The molecule has 3 rings (SSSR count). The molecule has 1 aromatic heterocycles. The highest BCUT2D eigenvalue weighted by Gasteiger charge is 2.18. The zero-order valence-corrected chi connectivity index (χ0v) is 12.1. The van der Waals surface area contributed by atoms with Crippen molar-refractivity contribution in [3.8, 4) is 0 Å². The molecule has 0 bridgehead atoms. The van der Waals surface area contributed by atoms with Crippen LogP contribution in [-0.2, 0) is 12.8 Å². The molecule has 1 aromatic carbocycles. The van der Waals surface area contributed by atoms with Gasteiger partial charge in [-0.25, -0.2) is 9.97 Å². The second kappa shape index (κ2) is 5.12. The van der Waals surface area contributed by atoms with Crippen LogP contribution in [-0.4, -0.2) is 23.1 Å². The molecule has 0 spiro atoms. The van der Waals surface area contributed by atoms with Gasteiger partial charge in [0.05, 0.1) is 0 Å². The summed E-state index contributed by atoms with van der Waals surface area (Å²) in [7, 11) is 0. The summed E-state index contributed by atoms with van der Waals surface area (Å²) in [6.45, 7) is 5.86. The van der Waals surface area contributed by atoms with Crippen LogP contribution in [0.5, 0.6) is 0 Å². The highest BCUT2D eigenvalue weighted by molar-refractivity contribution is 5.57. The van der Waals surface area contributed by atoms with Crippen molar-refractivity contribution in [3.63, 3.8) is 0 Å². The number of rotatable bonds is 1. The highest BCUT2D eigenvalue weighted by atomic mass is 15.2. The molecule has 104 valence electrons. The quantitative estimate of drug-likeness (QED) is 0.862. The van der Waals surface area contributed by atoms with Gasteiger partial charge >= 0.3 is 0 Å². The van der Waals surface area contributed by atoms with Gasteiger partial charge < -0.3 is 10.6 Å². The van der Waals surface area contributed by atoms with E-state index in [0.717, 1.165) is 43.1 Å². The van der Waals surface area contributed by atoms with E-state index < -0.39 is 0 Å². The fourth-order valence-electron chi connectivity index (χ4n) is 2.82. The van der Waals surface area contributed by atoms with Gasteiger partial charge in [-0.1, -0.05) is 24.3 Å². The Hall–Kier alpha value is -2.10. The van der Waals surface area contributed by atoms with E-state index in [4.69, 9.17) is 5.73 Å². The number of aryl methyl sites for hydroxylation is 1. The molecule has 4 nitrogen and oxygen atoms in total. The molecule has 0 radical (unpaired) electrons. The van der Waals surface area contributed by atoms with Gasteiger partial charge in [-0.05, 0) is 37.8 Å². The van der Waals surface area contributed by atoms with Crippen molar-refractivity contribution in [2.45, 2.75) is 26.7 Å². The molecule has 2 aromatic rings. The van der Waals surface area contributed by atoms with Crippen molar-refractivity contribution in [2.24, 2.45) is 0 Å². The van der Waals surface area contributed by atoms with Crippen LogP contribution in [0.4, 0.5) is 11.6 Å². The summed E-state index contributed by atoms with van der Waals surface area (Å²) >= 11 is 0. The van der Waals surface area contributed by atoms with Gasteiger partial charge in [-0.3, -0.25) is 0 Å². The zero-order chi connectivity index (χ0) is 14.1. The molecular weight excluding hydrogens is 248 g/mol. The maximum atomic E-state index is 5.97. The lowest BCUT2D eigenvalue weighted by Crippen LogP contribution is -2.28. The third-order valence-corrected chi connectivity index (χ3v) is 3.99. The molecule has 1 aliphatic rings. The van der Waals surface area contributed by atoms with Crippen molar-refractivity contribution < 1.29 is 0 Å². The summed E-state index contributed by atoms with van der Waals surface area (Å²) in [5.74, 6) is 2.32. The Morgan fingerprint density at radius 3 is 2.20 bits per heavy atom. The van der Waals surface area contributed by atoms with Crippen LogP contribution < -0.4 is 10.6 Å². The maximum Gasteiger partial charge on any atom is 0.137 e. The zero-order valence-electron chi connectivity index (χ0n) is 12.1. The molecule has 2 N–H and O–H groups in total. The van der Waals surface area contributed by atoms with Crippen molar-refractivity contribution in [1.29, 1.82) is 0 Å². The van der Waals surface area contributed by atoms with E-state index in [1.807, 2.05) is 13.8 Å². The van der Waals surface area contributed by atoms with E-state index in [1.165, 1.54) is 11.1 Å². The predicted octanol–water partition coefficient (Wildman–Crippen LogP) is 2.28. The number of nitrogen functional groups attached to an aromatic ring is 1. The molecule has 0 saturated heterocycles. The van der Waals surface area contributed by atoms with Crippen LogP contribution in [0.3, 0.4) is 0 Å². The van der Waals surface area contributed by atoms with Crippen LogP contribution >= 0.6 is 0 Å². The lowest BCUT2D eigenvalue weighted by Gasteiger charge is -2.24. The third kappa shape index (κ3) is 2.33. The van der Waals surface area contributed by atoms with Gasteiger partial charge in [-0.15, -0.1) is 0 Å². The molecule has 2 heterocycles. The second-order valence-corrected chi connectivity index (χ2v) is 5.36. The largest absolute Gasteiger partial charge is 0.383 e. The minimum absolute atomic E-state index is 0.592. The standard InChI is InChI=1S/C16H20N4/c1-11-15(17)18-12(2)19-16(11)20-9-7-13-5-3-4-6-14(13)8-10-20/h3-6H,7-10H2,1-2H3,(H2,17,18,19). The number of aromatic nitrogens is 2. The van der Waals surface area contributed by atoms with Crippen LogP contribution in [0, 0.1) is 13.8 Å². The summed E-state index contributed by atoms with van der Waals surface area (Å²) in [4.78, 5) is 11.2. The Morgan fingerprint density at radius 2 is 1.60 bits per heavy atom. The van der Waals surface area contributed by atoms with Crippen LogP contribution in [0.15, 0.2) is 24.3 Å². The maximum absolute atomic E-state index is 5.97. The Kier molecular flexibility index (Phi) is 3.30. The molecular formula is C16H20N4. The molecule has 0 amide bonds. The number of nitrogens with two attached hydrogens (primary N) is 1. The molecule has 1 aliphatic heterocycles. The number of benzene rings is 1. The smallest absolute Gasteiger partial charge is 0.137 e. The average Bonchev–Trinajstić information content (AvgIpc) is 2.65. The van der Waals surface area contributed by atoms with Crippen LogP contribution in [0.25, 0.3) is 0 Å². The van der Waals surface area contributed by atoms with E-state index in [9.17, 15) is 0 Å². The first kappa shape index (κ1) is 12.9. The highest BCUT2D eigenvalue weighted by Crippen LogP contribution is 2.24. The SMILES string of the molecule is Cc1nc(N)c(C)c(N2CCc3ccccc3CC2)n1. The van der Waals surface area contributed by atoms with Gasteiger partial charge in [0.1, 0.15) is 17.5 Å². The Morgan fingerprint density at radius 1 is 1.00 bits per heavy atom. The van der Waals surface area contributed by atoms with Crippen molar-refractivity contribution in [2.75, 3.05) is 23.7 Å². The fourth-order valence-corrected chi connectivity index (χ4v) is 2.82. The summed E-state index contributed by atoms with van der Waals surface area (Å²) in [6.07, 6.45) is 2.11. The predicted molar refractivity (Wildman–Crippen MR) is 82.0 cm³/mol. The first-order valence-corrected chi connectivity index (χ1v) is 7.07. The molecule has 20 heavy (non-hydrogen) atoms. The van der Waals surface area contributed by atoms with E-state index in [2.05, 4.69) is 39.1 Å². The molecule has 0 saturated carbocycles. The number of hydrogen-bond donors (Lipinski definition) is 1. The lowest BCUT2D eigenvalue weighted by molar-refractivity contribution is 0.779. The molecule has 0 aliphatic carbocycles. The number of anilines is 2. The van der Waals surface area contributed by atoms with Crippen LogP contribution in [0.1, 0.15) is 22.5 Å². The number of nitrogens with zero attached hydrogens (tertiary/aromatic N) is 3. The Balaban J connectivity index is 1.91. The first-order valence-electron chi connectivity index (χ1n) is 7.07. The van der Waals surface area contributed by atoms with Gasteiger partial charge in [0.15, 0.2) is 0 Å². The topological polar surface area (TPSA) is 55.0 Å². The van der Waals surface area contributed by atoms with E-state index >= 15 is 0 Å². The Labute approximate surface area is 119 Å². The lowest BCUT2D eigenvalue weighted by atomic mass is 10.0. The van der Waals surface area contributed by atoms with Crippen molar-refractivity contribution in [1.82, 2.24) is 9.97 Å². The third-order valence-electron chi connectivity index (χ3n) is 3.99. The molecule has 0 fully saturated rings. The van der Waals surface area contributed by atoms with Gasteiger partial charge in [0.2, 0.25) is 0 Å². The monoisotopic (exact) mass is 268 g/mol. The minimum Gasteiger partial charge on any atom is -0.383 e.